The zero-order valence-corrected chi connectivity index (χ0v) is 37.9. The lowest BCUT2D eigenvalue weighted by Gasteiger charge is -2.42. The van der Waals surface area contributed by atoms with Crippen molar-refractivity contribution in [1.82, 2.24) is 29.8 Å². The number of amides is 3. The van der Waals surface area contributed by atoms with Crippen LogP contribution in [0.3, 0.4) is 0 Å². The van der Waals surface area contributed by atoms with Crippen molar-refractivity contribution in [2.24, 2.45) is 0 Å². The second kappa shape index (κ2) is 22.0. The summed E-state index contributed by atoms with van der Waals surface area (Å²) in [5, 5.41) is 11.7. The van der Waals surface area contributed by atoms with Crippen LogP contribution in [0.1, 0.15) is 92.9 Å². The van der Waals surface area contributed by atoms with Gasteiger partial charge in [-0.3, -0.25) is 19.4 Å². The standard InChI is InChI=1S/C24H37ClN4O3.C19H29ClN4O.ClH/c1-24(2,3)32-23(31)28-13-10-19(11-14-28)29-12-6-7-18(16-29)26-17-8-9-21(25)20(15-17)22(30)27(4)5;1-23(2)19(25)17-6-5-14(12-18(17)20)22-15-4-3-11-24(13-15)16-7-9-21-10-8-16;/h8-9,15,18-19,26H,6-7,10-14,16H2,1-5H3;5-6,12,15-16,21-22H,3-4,7-11,13H2,1-2H3;1H/t18-;15-;/m00./s1. The van der Waals surface area contributed by atoms with Crippen molar-refractivity contribution in [3.63, 3.8) is 0 Å². The highest BCUT2D eigenvalue weighted by Crippen LogP contribution is 2.28. The summed E-state index contributed by atoms with van der Waals surface area (Å²) in [5.74, 6) is -0.160. The largest absolute Gasteiger partial charge is 0.444 e. The Kier molecular flexibility index (Phi) is 18.1. The van der Waals surface area contributed by atoms with E-state index in [0.717, 1.165) is 88.9 Å². The fraction of sp³-hybridized carbons (Fsp3) is 0.651. The number of halogens is 3. The van der Waals surface area contributed by atoms with E-state index in [1.165, 1.54) is 37.1 Å². The molecule has 0 spiro atoms. The Morgan fingerprint density at radius 1 is 0.690 bits per heavy atom. The third-order valence-electron chi connectivity index (χ3n) is 11.3. The molecule has 2 atom stereocenters. The van der Waals surface area contributed by atoms with Gasteiger partial charge in [-0.1, -0.05) is 23.2 Å². The average molecular weight is 866 g/mol. The minimum atomic E-state index is -0.460. The van der Waals surface area contributed by atoms with Gasteiger partial charge in [-0.15, -0.1) is 12.4 Å². The Hall–Kier alpha value is -3.00. The van der Waals surface area contributed by atoms with Gasteiger partial charge in [0.1, 0.15) is 5.60 Å². The molecule has 58 heavy (non-hydrogen) atoms. The van der Waals surface area contributed by atoms with E-state index in [9.17, 15) is 14.4 Å². The van der Waals surface area contributed by atoms with Gasteiger partial charge in [0.25, 0.3) is 11.8 Å². The number of likely N-dealkylation sites (tertiary alicyclic amines) is 3. The zero-order chi connectivity index (χ0) is 41.3. The molecule has 0 radical (unpaired) electrons. The Morgan fingerprint density at radius 3 is 1.71 bits per heavy atom. The number of carbonyl (C=O) groups is 3. The van der Waals surface area contributed by atoms with Crippen molar-refractivity contribution in [3.05, 3.63) is 57.6 Å². The molecule has 15 heteroatoms. The lowest BCUT2D eigenvalue weighted by Crippen LogP contribution is -2.52. The summed E-state index contributed by atoms with van der Waals surface area (Å²) in [6, 6.07) is 13.2. The predicted molar refractivity (Wildman–Crippen MR) is 239 cm³/mol. The van der Waals surface area contributed by atoms with Crippen molar-refractivity contribution < 1.29 is 19.1 Å². The van der Waals surface area contributed by atoms with E-state index in [1.54, 1.807) is 39.2 Å². The number of rotatable bonds is 8. The summed E-state index contributed by atoms with van der Waals surface area (Å²) in [7, 11) is 6.93. The maximum Gasteiger partial charge on any atom is 0.410 e. The number of nitrogens with one attached hydrogen (secondary N) is 3. The summed E-state index contributed by atoms with van der Waals surface area (Å²) < 4.78 is 5.52. The minimum absolute atomic E-state index is 0. The normalized spacial score (nSPS) is 21.2. The van der Waals surface area contributed by atoms with Crippen molar-refractivity contribution in [3.8, 4) is 0 Å². The van der Waals surface area contributed by atoms with Crippen LogP contribution < -0.4 is 16.0 Å². The Balaban J connectivity index is 0.000000259. The molecule has 4 aliphatic heterocycles. The highest BCUT2D eigenvalue weighted by molar-refractivity contribution is 6.34. The number of carbonyl (C=O) groups excluding carboxylic acids is 3. The van der Waals surface area contributed by atoms with E-state index >= 15 is 0 Å². The molecular weight excluding hydrogens is 799 g/mol. The second-order valence-corrected chi connectivity index (χ2v) is 18.2. The molecule has 4 saturated heterocycles. The second-order valence-electron chi connectivity index (χ2n) is 17.4. The van der Waals surface area contributed by atoms with Crippen LogP contribution in [0, 0.1) is 0 Å². The van der Waals surface area contributed by atoms with Gasteiger partial charge in [0.15, 0.2) is 0 Å². The summed E-state index contributed by atoms with van der Waals surface area (Å²) in [4.78, 5) is 46.9. The van der Waals surface area contributed by atoms with Crippen LogP contribution in [0.2, 0.25) is 10.0 Å². The quantitative estimate of drug-likeness (QED) is 0.250. The zero-order valence-electron chi connectivity index (χ0n) is 35.6. The average Bonchev–Trinajstić information content (AvgIpc) is 3.18. The van der Waals surface area contributed by atoms with Crippen LogP contribution in [-0.2, 0) is 4.74 Å². The van der Waals surface area contributed by atoms with Crippen LogP contribution in [0.4, 0.5) is 16.2 Å². The molecule has 0 bridgehead atoms. The highest BCUT2D eigenvalue weighted by atomic mass is 35.5. The third kappa shape index (κ3) is 13.8. The molecule has 0 aliphatic carbocycles. The third-order valence-corrected chi connectivity index (χ3v) is 12.0. The first-order chi connectivity index (χ1) is 27.1. The molecule has 2 aromatic carbocycles. The molecule has 0 unspecified atom stereocenters. The number of piperidine rings is 4. The number of nitrogens with zero attached hydrogens (tertiary/aromatic N) is 5. The van der Waals surface area contributed by atoms with E-state index in [2.05, 4.69) is 25.8 Å². The fourth-order valence-corrected chi connectivity index (χ4v) is 8.79. The topological polar surface area (TPSA) is 113 Å². The lowest BCUT2D eigenvalue weighted by molar-refractivity contribution is 0.0127. The smallest absolute Gasteiger partial charge is 0.410 e. The minimum Gasteiger partial charge on any atom is -0.444 e. The first-order valence-electron chi connectivity index (χ1n) is 20.8. The monoisotopic (exact) mass is 864 g/mol. The van der Waals surface area contributed by atoms with Crippen molar-refractivity contribution >= 4 is 64.9 Å². The summed E-state index contributed by atoms with van der Waals surface area (Å²) in [5.41, 5.74) is 2.53. The van der Waals surface area contributed by atoms with Gasteiger partial charge in [0.05, 0.1) is 21.2 Å². The van der Waals surface area contributed by atoms with Gasteiger partial charge < -0.3 is 35.4 Å². The Labute approximate surface area is 363 Å². The van der Waals surface area contributed by atoms with Gasteiger partial charge in [0, 0.05) is 89.9 Å². The molecule has 0 saturated carbocycles. The molecule has 2 aromatic rings. The maximum atomic E-state index is 12.4. The molecule has 12 nitrogen and oxygen atoms in total. The van der Waals surface area contributed by atoms with Crippen molar-refractivity contribution in [2.75, 3.05) is 91.2 Å². The van der Waals surface area contributed by atoms with E-state index in [1.807, 2.05) is 56.0 Å². The molecule has 0 aromatic heterocycles. The summed E-state index contributed by atoms with van der Waals surface area (Å²) >= 11 is 12.6. The van der Waals surface area contributed by atoms with Crippen LogP contribution in [-0.4, -0.2) is 153 Å². The van der Waals surface area contributed by atoms with Crippen LogP contribution in [0.15, 0.2) is 36.4 Å². The van der Waals surface area contributed by atoms with E-state index in [-0.39, 0.29) is 30.3 Å². The van der Waals surface area contributed by atoms with Crippen molar-refractivity contribution in [2.45, 2.75) is 102 Å². The highest BCUT2D eigenvalue weighted by Gasteiger charge is 2.32. The molecule has 324 valence electrons. The first kappa shape index (κ1) is 47.7. The molecule has 3 amide bonds. The Bertz CT molecular complexity index is 1660. The Morgan fingerprint density at radius 2 is 1.19 bits per heavy atom. The van der Waals surface area contributed by atoms with E-state index in [0.29, 0.717) is 39.3 Å². The first-order valence-corrected chi connectivity index (χ1v) is 21.6. The number of hydrogen-bond acceptors (Lipinski definition) is 9. The molecule has 4 heterocycles. The number of anilines is 2. The van der Waals surface area contributed by atoms with Crippen LogP contribution in [0.5, 0.6) is 0 Å². The molecular formula is C43H67Cl3N8O4. The number of hydrogen-bond donors (Lipinski definition) is 3. The van der Waals surface area contributed by atoms with Gasteiger partial charge >= 0.3 is 6.09 Å². The summed E-state index contributed by atoms with van der Waals surface area (Å²) in [6.07, 6.45) is 8.85. The van der Waals surface area contributed by atoms with Gasteiger partial charge in [-0.2, -0.15) is 0 Å². The van der Waals surface area contributed by atoms with Crippen LogP contribution in [0.25, 0.3) is 0 Å². The molecule has 4 aliphatic rings. The van der Waals surface area contributed by atoms with Crippen LogP contribution >= 0.6 is 35.6 Å². The van der Waals surface area contributed by atoms with Gasteiger partial charge in [-0.05, 0) is 135 Å². The SMILES string of the molecule is CN(C)C(=O)c1cc(N[C@H]2CCCN(C3CCN(C(=O)OC(C)(C)C)CC3)C2)ccc1Cl.CN(C)C(=O)c1ccc(N[C@H]2CCCN(C3CCNCC3)C2)cc1Cl.Cl. The van der Waals surface area contributed by atoms with E-state index in [4.69, 9.17) is 27.9 Å². The molecule has 6 rings (SSSR count). The number of ether oxygens (including phenoxy) is 1. The lowest BCUT2D eigenvalue weighted by atomic mass is 9.98. The molecule has 4 fully saturated rings. The maximum absolute atomic E-state index is 12.4. The summed E-state index contributed by atoms with van der Waals surface area (Å²) in [6.45, 7) is 13.8. The van der Waals surface area contributed by atoms with E-state index < -0.39 is 5.60 Å². The molecule has 3 N–H and O–H groups in total. The van der Waals surface area contributed by atoms with Crippen molar-refractivity contribution in [1.29, 1.82) is 0 Å². The van der Waals surface area contributed by atoms with Gasteiger partial charge in [0.2, 0.25) is 0 Å². The predicted octanol–water partition coefficient (Wildman–Crippen LogP) is 7.41. The number of benzene rings is 2. The van der Waals surface area contributed by atoms with Gasteiger partial charge in [-0.25, -0.2) is 4.79 Å². The fourth-order valence-electron chi connectivity index (χ4n) is 8.33.